The summed E-state index contributed by atoms with van der Waals surface area (Å²) in [6.07, 6.45) is 1.58. The molecule has 0 aromatic heterocycles. The molecule has 0 saturated carbocycles. The van der Waals surface area contributed by atoms with E-state index >= 15 is 0 Å². The van der Waals surface area contributed by atoms with Crippen molar-refractivity contribution < 1.29 is 18.0 Å². The van der Waals surface area contributed by atoms with E-state index in [2.05, 4.69) is 5.32 Å². The number of amides is 2. The highest BCUT2D eigenvalue weighted by Gasteiger charge is 2.27. The van der Waals surface area contributed by atoms with Crippen molar-refractivity contribution in [2.75, 3.05) is 17.1 Å². The number of hydrogen-bond donors (Lipinski definition) is 1. The number of rotatable bonds is 11. The molecule has 0 saturated heterocycles. The summed E-state index contributed by atoms with van der Waals surface area (Å²) in [5, 5.41) is 3.44. The second-order valence-electron chi connectivity index (χ2n) is 8.71. The van der Waals surface area contributed by atoms with Gasteiger partial charge in [0, 0.05) is 30.6 Å². The molecular weight excluding hydrogens is 474 g/mol. The van der Waals surface area contributed by atoms with Crippen molar-refractivity contribution in [3.8, 4) is 0 Å². The monoisotopic (exact) mass is 507 g/mol. The molecule has 34 heavy (non-hydrogen) atoms. The molecular formula is C25H34ClN3O4S. The Morgan fingerprint density at radius 2 is 1.65 bits per heavy atom. The van der Waals surface area contributed by atoms with E-state index in [1.165, 1.54) is 9.21 Å². The number of benzene rings is 2. The SMILES string of the molecule is Cc1ccccc1N(CCCC(=O)N(Cc1ccc(Cl)cc1)[C@@H](C)C(=O)NC(C)C)S(C)(=O)=O. The first-order chi connectivity index (χ1) is 15.9. The highest BCUT2D eigenvalue weighted by Crippen LogP contribution is 2.23. The molecule has 0 unspecified atom stereocenters. The molecule has 0 fully saturated rings. The van der Waals surface area contributed by atoms with Gasteiger partial charge in [0.05, 0.1) is 11.9 Å². The van der Waals surface area contributed by atoms with Gasteiger partial charge in [0.15, 0.2) is 0 Å². The predicted molar refractivity (Wildman–Crippen MR) is 137 cm³/mol. The van der Waals surface area contributed by atoms with Crippen LogP contribution in [-0.4, -0.2) is 50.0 Å². The normalized spacial score (nSPS) is 12.3. The number of para-hydroxylation sites is 1. The highest BCUT2D eigenvalue weighted by atomic mass is 35.5. The quantitative estimate of drug-likeness (QED) is 0.495. The first kappa shape index (κ1) is 27.7. The van der Waals surface area contributed by atoms with Crippen LogP contribution in [0.4, 0.5) is 5.69 Å². The Kier molecular flexibility index (Phi) is 9.94. The average Bonchev–Trinajstić information content (AvgIpc) is 2.75. The second-order valence-corrected chi connectivity index (χ2v) is 11.1. The van der Waals surface area contributed by atoms with Crippen LogP contribution < -0.4 is 9.62 Å². The van der Waals surface area contributed by atoms with Gasteiger partial charge in [0.1, 0.15) is 6.04 Å². The van der Waals surface area contributed by atoms with Crippen molar-refractivity contribution in [3.63, 3.8) is 0 Å². The minimum absolute atomic E-state index is 0.0557. The van der Waals surface area contributed by atoms with E-state index in [1.54, 1.807) is 31.2 Å². The summed E-state index contributed by atoms with van der Waals surface area (Å²) >= 11 is 5.98. The van der Waals surface area contributed by atoms with Crippen LogP contribution in [0.25, 0.3) is 0 Å². The Morgan fingerprint density at radius 3 is 2.21 bits per heavy atom. The third-order valence-electron chi connectivity index (χ3n) is 5.40. The van der Waals surface area contributed by atoms with Gasteiger partial charge in [0.25, 0.3) is 0 Å². The number of anilines is 1. The maximum absolute atomic E-state index is 13.2. The fourth-order valence-corrected chi connectivity index (χ4v) is 4.75. The molecule has 0 aliphatic rings. The number of nitrogens with zero attached hydrogens (tertiary/aromatic N) is 2. The molecule has 1 N–H and O–H groups in total. The van der Waals surface area contributed by atoms with Crippen LogP contribution in [0.15, 0.2) is 48.5 Å². The van der Waals surface area contributed by atoms with Gasteiger partial charge in [-0.3, -0.25) is 13.9 Å². The number of sulfonamides is 1. The van der Waals surface area contributed by atoms with Crippen LogP contribution in [0.3, 0.4) is 0 Å². The summed E-state index contributed by atoms with van der Waals surface area (Å²) in [5.74, 6) is -0.463. The molecule has 9 heteroatoms. The first-order valence-electron chi connectivity index (χ1n) is 11.3. The van der Waals surface area contributed by atoms with Crippen LogP contribution in [-0.2, 0) is 26.2 Å². The van der Waals surface area contributed by atoms with Gasteiger partial charge in [-0.05, 0) is 63.4 Å². The Morgan fingerprint density at radius 1 is 1.03 bits per heavy atom. The minimum Gasteiger partial charge on any atom is -0.352 e. The topological polar surface area (TPSA) is 86.8 Å². The highest BCUT2D eigenvalue weighted by molar-refractivity contribution is 7.92. The summed E-state index contributed by atoms with van der Waals surface area (Å²) in [4.78, 5) is 27.4. The Bertz CT molecular complexity index is 1090. The molecule has 2 aromatic carbocycles. The van der Waals surface area contributed by atoms with E-state index in [0.717, 1.165) is 17.4 Å². The van der Waals surface area contributed by atoms with E-state index in [9.17, 15) is 18.0 Å². The lowest BCUT2D eigenvalue weighted by Crippen LogP contribution is -2.49. The summed E-state index contributed by atoms with van der Waals surface area (Å²) in [6.45, 7) is 7.68. The van der Waals surface area contributed by atoms with E-state index in [4.69, 9.17) is 11.6 Å². The van der Waals surface area contributed by atoms with Crippen molar-refractivity contribution in [2.24, 2.45) is 0 Å². The number of carbonyl (C=O) groups excluding carboxylic acids is 2. The third kappa shape index (κ3) is 8.02. The molecule has 0 heterocycles. The Labute approximate surface area is 208 Å². The maximum atomic E-state index is 13.2. The molecule has 0 aliphatic heterocycles. The lowest BCUT2D eigenvalue weighted by molar-refractivity contribution is -0.140. The molecule has 186 valence electrons. The van der Waals surface area contributed by atoms with Gasteiger partial charge >= 0.3 is 0 Å². The molecule has 0 bridgehead atoms. The zero-order valence-electron chi connectivity index (χ0n) is 20.4. The maximum Gasteiger partial charge on any atom is 0.242 e. The first-order valence-corrected chi connectivity index (χ1v) is 13.5. The van der Waals surface area contributed by atoms with E-state index in [1.807, 2.05) is 45.0 Å². The summed E-state index contributed by atoms with van der Waals surface area (Å²) in [7, 11) is -3.52. The van der Waals surface area contributed by atoms with Gasteiger partial charge in [-0.15, -0.1) is 0 Å². The number of aryl methyl sites for hydroxylation is 1. The largest absolute Gasteiger partial charge is 0.352 e. The minimum atomic E-state index is -3.52. The van der Waals surface area contributed by atoms with E-state index in [0.29, 0.717) is 17.1 Å². The number of nitrogens with one attached hydrogen (secondary N) is 1. The Hall–Kier alpha value is -2.58. The zero-order chi connectivity index (χ0) is 25.5. The van der Waals surface area contributed by atoms with Gasteiger partial charge in [-0.25, -0.2) is 8.42 Å². The summed E-state index contributed by atoms with van der Waals surface area (Å²) in [5.41, 5.74) is 2.28. The molecule has 0 spiro atoms. The molecule has 7 nitrogen and oxygen atoms in total. The molecule has 0 aliphatic carbocycles. The van der Waals surface area contributed by atoms with Crippen LogP contribution in [0.5, 0.6) is 0 Å². The number of halogens is 1. The van der Waals surface area contributed by atoms with E-state index in [-0.39, 0.29) is 37.4 Å². The standard InChI is InChI=1S/C25H34ClN3O4S/c1-18(2)27-25(31)20(4)28(17-21-12-14-22(26)15-13-21)24(30)11-8-16-29(34(5,32)33)23-10-7-6-9-19(23)3/h6-7,9-10,12-15,18,20H,8,11,16-17H2,1-5H3,(H,27,31)/t20-/m0/s1. The number of hydrogen-bond acceptors (Lipinski definition) is 4. The van der Waals surface area contributed by atoms with Crippen molar-refractivity contribution in [1.29, 1.82) is 0 Å². The van der Waals surface area contributed by atoms with Crippen LogP contribution in [0.2, 0.25) is 5.02 Å². The Balaban J connectivity index is 2.17. The van der Waals surface area contributed by atoms with Crippen molar-refractivity contribution in [1.82, 2.24) is 10.2 Å². The predicted octanol–water partition coefficient (Wildman–Crippen LogP) is 4.14. The molecule has 2 aromatic rings. The number of carbonyl (C=O) groups is 2. The van der Waals surface area contributed by atoms with Gasteiger partial charge in [-0.1, -0.05) is 41.9 Å². The summed E-state index contributed by atoms with van der Waals surface area (Å²) in [6, 6.07) is 13.6. The lowest BCUT2D eigenvalue weighted by Gasteiger charge is -2.30. The van der Waals surface area contributed by atoms with Crippen molar-refractivity contribution in [2.45, 2.75) is 59.2 Å². The van der Waals surface area contributed by atoms with Crippen LogP contribution in [0.1, 0.15) is 44.7 Å². The average molecular weight is 508 g/mol. The lowest BCUT2D eigenvalue weighted by atomic mass is 10.1. The molecule has 1 atom stereocenters. The fourth-order valence-electron chi connectivity index (χ4n) is 3.60. The van der Waals surface area contributed by atoms with Crippen molar-refractivity contribution >= 4 is 39.1 Å². The molecule has 2 amide bonds. The molecule has 0 radical (unpaired) electrons. The molecule has 2 rings (SSSR count). The fraction of sp³-hybridized carbons (Fsp3) is 0.440. The van der Waals surface area contributed by atoms with Crippen molar-refractivity contribution in [3.05, 3.63) is 64.7 Å². The van der Waals surface area contributed by atoms with Gasteiger partial charge < -0.3 is 10.2 Å². The second kappa shape index (κ2) is 12.2. The zero-order valence-corrected chi connectivity index (χ0v) is 22.0. The smallest absolute Gasteiger partial charge is 0.242 e. The van der Waals surface area contributed by atoms with Gasteiger partial charge in [0.2, 0.25) is 21.8 Å². The van der Waals surface area contributed by atoms with Gasteiger partial charge in [-0.2, -0.15) is 0 Å². The third-order valence-corrected chi connectivity index (χ3v) is 6.83. The van der Waals surface area contributed by atoms with E-state index < -0.39 is 16.1 Å². The van der Waals surface area contributed by atoms with Crippen LogP contribution >= 0.6 is 11.6 Å². The summed E-state index contributed by atoms with van der Waals surface area (Å²) < 4.78 is 26.2. The van der Waals surface area contributed by atoms with Crippen LogP contribution in [0, 0.1) is 6.92 Å².